The topological polar surface area (TPSA) is 8.17 Å². The molecule has 8 rings (SSSR count). The molecule has 2 nitrogen and oxygen atoms in total. The second-order valence-corrected chi connectivity index (χ2v) is 11.4. The fraction of sp³-hybridized carbons (Fsp3) is 0. The van der Waals surface area contributed by atoms with Crippen LogP contribution in [0.15, 0.2) is 182 Å². The molecule has 8 aromatic rings. The predicted molar refractivity (Wildman–Crippen MR) is 196 cm³/mol. The van der Waals surface area contributed by atoms with E-state index in [2.05, 4.69) is 204 Å². The second kappa shape index (κ2) is 12.1. The summed E-state index contributed by atoms with van der Waals surface area (Å²) in [6.07, 6.45) is 4.44. The highest BCUT2D eigenvalue weighted by Gasteiger charge is 2.23. The van der Waals surface area contributed by atoms with Crippen molar-refractivity contribution in [2.24, 2.45) is 0 Å². The van der Waals surface area contributed by atoms with Crippen molar-refractivity contribution >= 4 is 51.0 Å². The van der Waals surface area contributed by atoms with E-state index in [9.17, 15) is 0 Å². The third kappa shape index (κ3) is 4.96. The zero-order valence-corrected chi connectivity index (χ0v) is 25.4. The first-order valence-electron chi connectivity index (χ1n) is 15.7. The van der Waals surface area contributed by atoms with Gasteiger partial charge in [0.05, 0.1) is 22.4 Å². The number of hydrogen-bond acceptors (Lipinski definition) is 1. The van der Waals surface area contributed by atoms with E-state index in [1.165, 1.54) is 32.9 Å². The molecule has 0 N–H and O–H groups in total. The standard InChI is InChI=1S/C44H32N2/c1-4-17-33(18-5-1)31-32-34-19-10-11-24-37(34)44-42(45(35-20-6-2-7-21-35)36-22-8-3-9-23-36)29-16-30-43(44)46-40-27-14-12-25-38(40)39-26-13-15-28-41(39)46/h1-32H. The van der Waals surface area contributed by atoms with Crippen LogP contribution in [0.25, 0.3) is 50.8 Å². The number of benzene rings is 7. The molecule has 0 atom stereocenters. The van der Waals surface area contributed by atoms with Crippen LogP contribution in [0, 0.1) is 0 Å². The molecule has 2 heteroatoms. The van der Waals surface area contributed by atoms with E-state index in [1.54, 1.807) is 0 Å². The fourth-order valence-electron chi connectivity index (χ4n) is 6.56. The molecule has 0 amide bonds. The Morgan fingerprint density at radius 2 is 0.935 bits per heavy atom. The molecule has 0 unspecified atom stereocenters. The van der Waals surface area contributed by atoms with Crippen molar-refractivity contribution in [3.63, 3.8) is 0 Å². The maximum atomic E-state index is 2.44. The molecule has 7 aromatic carbocycles. The number of hydrogen-bond donors (Lipinski definition) is 0. The third-order valence-electron chi connectivity index (χ3n) is 8.60. The van der Waals surface area contributed by atoms with Gasteiger partial charge in [-0.05, 0) is 65.2 Å². The van der Waals surface area contributed by atoms with E-state index in [0.717, 1.165) is 33.9 Å². The van der Waals surface area contributed by atoms with Gasteiger partial charge in [0.2, 0.25) is 0 Å². The average Bonchev–Trinajstić information content (AvgIpc) is 3.47. The SMILES string of the molecule is C(=Cc1ccccc1-c1c(N(c2ccccc2)c2ccccc2)cccc1-n1c2ccccc2c2ccccc21)c1ccccc1. The van der Waals surface area contributed by atoms with Gasteiger partial charge >= 0.3 is 0 Å². The van der Waals surface area contributed by atoms with E-state index >= 15 is 0 Å². The molecular weight excluding hydrogens is 556 g/mol. The zero-order valence-electron chi connectivity index (χ0n) is 25.4. The molecule has 0 saturated heterocycles. The van der Waals surface area contributed by atoms with Gasteiger partial charge < -0.3 is 9.47 Å². The lowest BCUT2D eigenvalue weighted by Crippen LogP contribution is -2.12. The summed E-state index contributed by atoms with van der Waals surface area (Å²) in [7, 11) is 0. The minimum atomic E-state index is 1.10. The molecule has 218 valence electrons. The normalized spacial score (nSPS) is 11.4. The lowest BCUT2D eigenvalue weighted by Gasteiger charge is -2.30. The number of aromatic nitrogens is 1. The van der Waals surface area contributed by atoms with Crippen molar-refractivity contribution in [3.05, 3.63) is 193 Å². The van der Waals surface area contributed by atoms with E-state index in [0.29, 0.717) is 0 Å². The summed E-state index contributed by atoms with van der Waals surface area (Å²) in [6, 6.07) is 64.8. The van der Waals surface area contributed by atoms with Crippen molar-refractivity contribution in [2.45, 2.75) is 0 Å². The van der Waals surface area contributed by atoms with Crippen molar-refractivity contribution in [2.75, 3.05) is 4.90 Å². The van der Waals surface area contributed by atoms with Gasteiger partial charge in [-0.1, -0.05) is 146 Å². The monoisotopic (exact) mass is 588 g/mol. The summed E-state index contributed by atoms with van der Waals surface area (Å²) in [5, 5.41) is 2.49. The Balaban J connectivity index is 1.47. The lowest BCUT2D eigenvalue weighted by molar-refractivity contribution is 1.17. The summed E-state index contributed by atoms with van der Waals surface area (Å²) in [5.74, 6) is 0. The number of anilines is 3. The van der Waals surface area contributed by atoms with Gasteiger partial charge in [-0.3, -0.25) is 0 Å². The van der Waals surface area contributed by atoms with Crippen LogP contribution in [0.3, 0.4) is 0 Å². The molecule has 1 aromatic heterocycles. The number of para-hydroxylation sites is 4. The Morgan fingerprint density at radius 3 is 1.57 bits per heavy atom. The Morgan fingerprint density at radius 1 is 0.413 bits per heavy atom. The molecule has 0 saturated carbocycles. The highest BCUT2D eigenvalue weighted by molar-refractivity contribution is 6.10. The summed E-state index contributed by atoms with van der Waals surface area (Å²) in [4.78, 5) is 2.38. The molecule has 46 heavy (non-hydrogen) atoms. The predicted octanol–water partition coefficient (Wildman–Crippen LogP) is 12.1. The molecule has 1 heterocycles. The molecule has 0 radical (unpaired) electrons. The van der Waals surface area contributed by atoms with Crippen molar-refractivity contribution in [1.29, 1.82) is 0 Å². The minimum absolute atomic E-state index is 1.10. The Labute approximate surface area is 269 Å². The van der Waals surface area contributed by atoms with Crippen molar-refractivity contribution in [1.82, 2.24) is 4.57 Å². The van der Waals surface area contributed by atoms with E-state index in [-0.39, 0.29) is 0 Å². The Hall–Kier alpha value is -6.12. The summed E-state index contributed by atoms with van der Waals surface area (Å²) in [6.45, 7) is 0. The molecular formula is C44H32N2. The third-order valence-corrected chi connectivity index (χ3v) is 8.60. The summed E-state index contributed by atoms with van der Waals surface area (Å²) < 4.78 is 2.44. The molecule has 0 fully saturated rings. The van der Waals surface area contributed by atoms with Crippen molar-refractivity contribution in [3.8, 4) is 16.8 Å². The van der Waals surface area contributed by atoms with Crippen LogP contribution in [-0.4, -0.2) is 4.57 Å². The Kier molecular flexibility index (Phi) is 7.22. The average molecular weight is 589 g/mol. The quantitative estimate of drug-likeness (QED) is 0.168. The van der Waals surface area contributed by atoms with Gasteiger partial charge in [0.15, 0.2) is 0 Å². The lowest BCUT2D eigenvalue weighted by atomic mass is 9.94. The van der Waals surface area contributed by atoms with Crippen molar-refractivity contribution < 1.29 is 0 Å². The maximum absolute atomic E-state index is 2.44. The van der Waals surface area contributed by atoms with E-state index in [4.69, 9.17) is 0 Å². The maximum Gasteiger partial charge on any atom is 0.0561 e. The molecule has 0 aliphatic heterocycles. The smallest absolute Gasteiger partial charge is 0.0561 e. The van der Waals surface area contributed by atoms with Crippen LogP contribution in [0.1, 0.15) is 11.1 Å². The number of rotatable bonds is 7. The van der Waals surface area contributed by atoms with Crippen LogP contribution < -0.4 is 4.90 Å². The highest BCUT2D eigenvalue weighted by Crippen LogP contribution is 2.46. The van der Waals surface area contributed by atoms with Gasteiger partial charge in [-0.15, -0.1) is 0 Å². The minimum Gasteiger partial charge on any atom is -0.310 e. The second-order valence-electron chi connectivity index (χ2n) is 11.4. The molecule has 0 aliphatic rings. The van der Waals surface area contributed by atoms with Crippen LogP contribution in [0.4, 0.5) is 17.1 Å². The summed E-state index contributed by atoms with van der Waals surface area (Å²) >= 11 is 0. The van der Waals surface area contributed by atoms with Crippen LogP contribution in [0.2, 0.25) is 0 Å². The van der Waals surface area contributed by atoms with E-state index < -0.39 is 0 Å². The fourth-order valence-corrected chi connectivity index (χ4v) is 6.56. The van der Waals surface area contributed by atoms with Gasteiger partial charge in [0.25, 0.3) is 0 Å². The van der Waals surface area contributed by atoms with Gasteiger partial charge in [-0.2, -0.15) is 0 Å². The van der Waals surface area contributed by atoms with Crippen LogP contribution in [-0.2, 0) is 0 Å². The van der Waals surface area contributed by atoms with Gasteiger partial charge in [0.1, 0.15) is 0 Å². The first kappa shape index (κ1) is 27.4. The van der Waals surface area contributed by atoms with Gasteiger partial charge in [0, 0.05) is 27.7 Å². The first-order valence-corrected chi connectivity index (χ1v) is 15.7. The van der Waals surface area contributed by atoms with E-state index in [1.807, 2.05) is 0 Å². The molecule has 0 spiro atoms. The molecule has 0 aliphatic carbocycles. The largest absolute Gasteiger partial charge is 0.310 e. The summed E-state index contributed by atoms with van der Waals surface area (Å²) in [5.41, 5.74) is 11.5. The zero-order chi connectivity index (χ0) is 30.7. The molecule has 0 bridgehead atoms. The van der Waals surface area contributed by atoms with Gasteiger partial charge in [-0.25, -0.2) is 0 Å². The number of nitrogens with zero attached hydrogens (tertiary/aromatic N) is 2. The Bertz CT molecular complexity index is 2210. The first-order chi connectivity index (χ1) is 22.9. The van der Waals surface area contributed by atoms with Crippen LogP contribution in [0.5, 0.6) is 0 Å². The number of fused-ring (bicyclic) bond motifs is 3. The highest BCUT2D eigenvalue weighted by atomic mass is 15.1. The van der Waals surface area contributed by atoms with Crippen LogP contribution >= 0.6 is 0 Å².